The average molecular weight is 614 g/mol. The molecule has 3 nitrogen and oxygen atoms in total. The van der Waals surface area contributed by atoms with E-state index in [1.807, 2.05) is 30.3 Å². The monoisotopic (exact) mass is 613 g/mol. The summed E-state index contributed by atoms with van der Waals surface area (Å²) in [4.78, 5) is 14.1. The first-order valence-corrected chi connectivity index (χ1v) is 16.4. The lowest BCUT2D eigenvalue weighted by molar-refractivity contribution is 0.732. The molecule has 1 aliphatic rings. The predicted molar refractivity (Wildman–Crippen MR) is 199 cm³/mol. The van der Waals surface area contributed by atoms with Crippen molar-refractivity contribution in [3.05, 3.63) is 187 Å². The van der Waals surface area contributed by atoms with Crippen LogP contribution in [0.5, 0.6) is 0 Å². The van der Waals surface area contributed by atoms with Gasteiger partial charge in [-0.2, -0.15) is 0 Å². The molecule has 1 aromatic heterocycles. The Hall–Kier alpha value is -6.19. The summed E-state index contributed by atoms with van der Waals surface area (Å²) in [6.07, 6.45) is 10.7. The summed E-state index contributed by atoms with van der Waals surface area (Å²) in [6, 6.07) is 52.0. The van der Waals surface area contributed by atoms with E-state index < -0.39 is 0 Å². The summed E-state index contributed by atoms with van der Waals surface area (Å²) in [7, 11) is 0. The van der Waals surface area contributed by atoms with E-state index in [4.69, 9.17) is 4.98 Å². The fourth-order valence-corrected chi connectivity index (χ4v) is 7.45. The summed E-state index contributed by atoms with van der Waals surface area (Å²) in [5.74, 6) is 1.64. The van der Waals surface area contributed by atoms with Crippen molar-refractivity contribution < 1.29 is 0 Å². The molecule has 0 spiro atoms. The van der Waals surface area contributed by atoms with Crippen molar-refractivity contribution in [2.75, 3.05) is 0 Å². The second-order valence-electron chi connectivity index (χ2n) is 12.3. The predicted octanol–water partition coefficient (Wildman–Crippen LogP) is 11.3. The van der Waals surface area contributed by atoms with Crippen molar-refractivity contribution in [3.63, 3.8) is 0 Å². The van der Waals surface area contributed by atoms with Crippen molar-refractivity contribution in [3.8, 4) is 33.9 Å². The van der Waals surface area contributed by atoms with Crippen LogP contribution in [0, 0.1) is 0 Å². The largest absolute Gasteiger partial charge is 0.217 e. The number of nitrogens with zero attached hydrogens (tertiary/aromatic N) is 3. The van der Waals surface area contributed by atoms with Crippen molar-refractivity contribution in [2.45, 2.75) is 11.8 Å². The smallest absolute Gasteiger partial charge is 0.163 e. The fraction of sp³-hybridized carbons (Fsp3) is 0.0444. The SMILES string of the molecule is C1=CC(c2ccc3c4ccccc4c4ccccc4c3c2)C(c2ccccc2-c2ccccc2-c2ncnc(-c3ccccc3)n2)C=C1. The molecule has 0 fully saturated rings. The summed E-state index contributed by atoms with van der Waals surface area (Å²) >= 11 is 0. The Morgan fingerprint density at radius 3 is 1.67 bits per heavy atom. The molecule has 2 unspecified atom stereocenters. The van der Waals surface area contributed by atoms with Gasteiger partial charge < -0.3 is 0 Å². The van der Waals surface area contributed by atoms with Crippen LogP contribution in [-0.2, 0) is 0 Å². The van der Waals surface area contributed by atoms with Crippen LogP contribution in [0.15, 0.2) is 176 Å². The van der Waals surface area contributed by atoms with E-state index >= 15 is 0 Å². The standard InChI is InChI=1S/C45H31N3/c1-2-14-30(15-3-1)44-46-29-47-45(48-44)42-25-13-12-23-39(42)36-20-8-6-18-34(36)33-17-5-4-16-32(33)31-26-27-41-38-22-9-7-19-35(38)37-21-10-11-24-40(37)43(41)28-31/h1-29,32-33H. The highest BCUT2D eigenvalue weighted by Crippen LogP contribution is 2.45. The third-order valence-electron chi connectivity index (χ3n) is 9.67. The van der Waals surface area contributed by atoms with Gasteiger partial charge in [-0.3, -0.25) is 0 Å². The van der Waals surface area contributed by atoms with Gasteiger partial charge in [0.1, 0.15) is 6.33 Å². The van der Waals surface area contributed by atoms with Gasteiger partial charge in [0.05, 0.1) is 0 Å². The quantitative estimate of drug-likeness (QED) is 0.181. The molecule has 3 heteroatoms. The van der Waals surface area contributed by atoms with E-state index in [-0.39, 0.29) is 11.8 Å². The summed E-state index contributed by atoms with van der Waals surface area (Å²) in [6.45, 7) is 0. The maximum atomic E-state index is 4.93. The van der Waals surface area contributed by atoms with Crippen LogP contribution in [0.4, 0.5) is 0 Å². The molecular weight excluding hydrogens is 583 g/mol. The zero-order valence-corrected chi connectivity index (χ0v) is 26.2. The topological polar surface area (TPSA) is 38.7 Å². The van der Waals surface area contributed by atoms with Crippen LogP contribution in [-0.4, -0.2) is 15.0 Å². The first-order valence-electron chi connectivity index (χ1n) is 16.4. The lowest BCUT2D eigenvalue weighted by Gasteiger charge is -2.28. The Balaban J connectivity index is 1.17. The minimum absolute atomic E-state index is 0.140. The normalized spacial score (nSPS) is 15.8. The zero-order chi connectivity index (χ0) is 31.9. The molecule has 0 amide bonds. The third-order valence-corrected chi connectivity index (χ3v) is 9.67. The number of fused-ring (bicyclic) bond motifs is 6. The molecule has 1 aliphatic carbocycles. The molecule has 0 aliphatic heterocycles. The number of hydrogen-bond donors (Lipinski definition) is 0. The molecule has 0 bridgehead atoms. The molecule has 7 aromatic carbocycles. The van der Waals surface area contributed by atoms with Gasteiger partial charge in [0.15, 0.2) is 11.6 Å². The molecule has 1 heterocycles. The lowest BCUT2D eigenvalue weighted by Crippen LogP contribution is -2.11. The van der Waals surface area contributed by atoms with Crippen molar-refractivity contribution in [2.24, 2.45) is 0 Å². The lowest BCUT2D eigenvalue weighted by atomic mass is 9.75. The van der Waals surface area contributed by atoms with E-state index in [2.05, 4.69) is 150 Å². The first kappa shape index (κ1) is 28.1. The Kier molecular flexibility index (Phi) is 6.94. The van der Waals surface area contributed by atoms with Gasteiger partial charge in [-0.05, 0) is 60.6 Å². The summed E-state index contributed by atoms with van der Waals surface area (Å²) in [5.41, 5.74) is 6.83. The van der Waals surface area contributed by atoms with E-state index in [9.17, 15) is 0 Å². The second-order valence-corrected chi connectivity index (χ2v) is 12.3. The molecule has 0 saturated carbocycles. The minimum Gasteiger partial charge on any atom is -0.217 e. The number of rotatable bonds is 5. The Bertz CT molecular complexity index is 2490. The van der Waals surface area contributed by atoms with Crippen LogP contribution in [0.1, 0.15) is 23.0 Å². The molecule has 0 N–H and O–H groups in total. The molecule has 48 heavy (non-hydrogen) atoms. The van der Waals surface area contributed by atoms with Crippen molar-refractivity contribution in [1.29, 1.82) is 0 Å². The number of hydrogen-bond acceptors (Lipinski definition) is 3. The van der Waals surface area contributed by atoms with E-state index in [0.717, 1.165) is 16.7 Å². The van der Waals surface area contributed by atoms with Gasteiger partial charge in [0.2, 0.25) is 0 Å². The number of aromatic nitrogens is 3. The number of allylic oxidation sites excluding steroid dienone is 4. The van der Waals surface area contributed by atoms with Gasteiger partial charge >= 0.3 is 0 Å². The van der Waals surface area contributed by atoms with E-state index in [0.29, 0.717) is 11.6 Å². The van der Waals surface area contributed by atoms with Gasteiger partial charge in [0, 0.05) is 23.0 Å². The zero-order valence-electron chi connectivity index (χ0n) is 26.2. The Labute approximate surface area is 279 Å². The summed E-state index contributed by atoms with van der Waals surface area (Å²) < 4.78 is 0. The van der Waals surface area contributed by atoms with Gasteiger partial charge in [0.25, 0.3) is 0 Å². The van der Waals surface area contributed by atoms with Crippen LogP contribution in [0.2, 0.25) is 0 Å². The van der Waals surface area contributed by atoms with Crippen LogP contribution >= 0.6 is 0 Å². The van der Waals surface area contributed by atoms with Crippen LogP contribution in [0.3, 0.4) is 0 Å². The maximum absolute atomic E-state index is 4.93. The molecule has 2 atom stereocenters. The molecule has 9 rings (SSSR count). The van der Waals surface area contributed by atoms with Crippen LogP contribution < -0.4 is 0 Å². The molecule has 8 aromatic rings. The highest BCUT2D eigenvalue weighted by Gasteiger charge is 2.26. The van der Waals surface area contributed by atoms with Crippen LogP contribution in [0.25, 0.3) is 66.2 Å². The highest BCUT2D eigenvalue weighted by molar-refractivity contribution is 6.25. The maximum Gasteiger partial charge on any atom is 0.163 e. The highest BCUT2D eigenvalue weighted by atomic mass is 15.0. The number of benzene rings is 7. The van der Waals surface area contributed by atoms with Gasteiger partial charge in [-0.25, -0.2) is 15.0 Å². The molecule has 0 saturated heterocycles. The van der Waals surface area contributed by atoms with Crippen molar-refractivity contribution >= 4 is 32.3 Å². The van der Waals surface area contributed by atoms with E-state index in [1.165, 1.54) is 49.0 Å². The Morgan fingerprint density at radius 2 is 0.938 bits per heavy atom. The molecular formula is C45H31N3. The molecule has 226 valence electrons. The minimum atomic E-state index is 0.140. The average Bonchev–Trinajstić information content (AvgIpc) is 3.18. The van der Waals surface area contributed by atoms with E-state index in [1.54, 1.807) is 6.33 Å². The first-order chi connectivity index (χ1) is 23.8. The fourth-order valence-electron chi connectivity index (χ4n) is 7.45. The van der Waals surface area contributed by atoms with Gasteiger partial charge in [-0.1, -0.05) is 164 Å². The Morgan fingerprint density at radius 1 is 0.396 bits per heavy atom. The molecule has 0 radical (unpaired) electrons. The van der Waals surface area contributed by atoms with Crippen molar-refractivity contribution in [1.82, 2.24) is 15.0 Å². The third kappa shape index (κ3) is 4.80. The van der Waals surface area contributed by atoms with Gasteiger partial charge in [-0.15, -0.1) is 0 Å². The summed E-state index contributed by atoms with van der Waals surface area (Å²) in [5, 5.41) is 7.77. The second kappa shape index (κ2) is 11.9.